The Morgan fingerprint density at radius 3 is 2.48 bits per heavy atom. The summed E-state index contributed by atoms with van der Waals surface area (Å²) in [5, 5.41) is 3.02. The maximum atomic E-state index is 13.9. The average Bonchev–Trinajstić information content (AvgIpc) is 2.88. The molecular formula is C20H24F2N2O3. The number of Topliss-reactive ketones (excluding diaryl/α,β-unsaturated/α-hetero) is 1. The van der Waals surface area contributed by atoms with Crippen LogP contribution in [0, 0.1) is 25.5 Å². The van der Waals surface area contributed by atoms with Crippen LogP contribution in [-0.2, 0) is 4.74 Å². The molecule has 0 radical (unpaired) electrons. The minimum Gasteiger partial charge on any atom is -0.462 e. The molecule has 0 aliphatic rings. The Balaban J connectivity index is 2.20. The van der Waals surface area contributed by atoms with Crippen molar-refractivity contribution in [2.45, 2.75) is 46.7 Å². The fourth-order valence-electron chi connectivity index (χ4n) is 3.12. The van der Waals surface area contributed by atoms with Crippen LogP contribution in [-0.4, -0.2) is 29.4 Å². The van der Waals surface area contributed by atoms with Gasteiger partial charge in [-0.1, -0.05) is 6.07 Å². The first kappa shape index (κ1) is 20.8. The minimum atomic E-state index is -0.675. The smallest absolute Gasteiger partial charge is 0.340 e. The molecule has 146 valence electrons. The predicted octanol–water partition coefficient (Wildman–Crippen LogP) is 4.01. The van der Waals surface area contributed by atoms with Crippen LogP contribution in [0.1, 0.15) is 64.5 Å². The quantitative estimate of drug-likeness (QED) is 0.564. The number of hydrogen-bond acceptors (Lipinski definition) is 4. The Kier molecular flexibility index (Phi) is 6.49. The third kappa shape index (κ3) is 4.42. The van der Waals surface area contributed by atoms with E-state index < -0.39 is 29.7 Å². The number of benzene rings is 1. The highest BCUT2D eigenvalue weighted by Crippen LogP contribution is 2.22. The van der Waals surface area contributed by atoms with E-state index in [0.717, 1.165) is 6.07 Å². The van der Waals surface area contributed by atoms with Gasteiger partial charge in [-0.2, -0.15) is 0 Å². The summed E-state index contributed by atoms with van der Waals surface area (Å²) in [7, 11) is 0. The molecule has 0 saturated carbocycles. The summed E-state index contributed by atoms with van der Waals surface area (Å²) in [6.45, 7) is 8.68. The third-order valence-electron chi connectivity index (χ3n) is 4.49. The summed E-state index contributed by atoms with van der Waals surface area (Å²) in [5.41, 5.74) is 2.00. The van der Waals surface area contributed by atoms with Crippen molar-refractivity contribution in [3.05, 3.63) is 57.9 Å². The van der Waals surface area contributed by atoms with Gasteiger partial charge in [-0.15, -0.1) is 0 Å². The Labute approximate surface area is 157 Å². The molecular weight excluding hydrogens is 354 g/mol. The molecule has 1 aromatic heterocycles. The number of carbonyl (C=O) groups excluding carboxylic acids is 2. The van der Waals surface area contributed by atoms with Crippen molar-refractivity contribution in [2.75, 3.05) is 6.61 Å². The Bertz CT molecular complexity index is 861. The van der Waals surface area contributed by atoms with Gasteiger partial charge in [-0.3, -0.25) is 4.79 Å². The molecule has 7 heteroatoms. The Hall–Kier alpha value is -2.54. The number of nitrogens with one attached hydrogen (secondary N) is 2. The van der Waals surface area contributed by atoms with Crippen LogP contribution in [0.5, 0.6) is 0 Å². The molecule has 2 aromatic rings. The standard InChI is InChI=1S/C20H24F2N2O3/c1-6-27-20(26)17-10(2)18(24-12(17)4)19(25)13(5)23-11(3)15-8-7-14(21)9-16(15)22/h7-9,11,13,23-24H,6H2,1-5H3/t11-,13-/m1/s1. The molecule has 2 atom stereocenters. The monoisotopic (exact) mass is 378 g/mol. The second kappa shape index (κ2) is 8.43. The van der Waals surface area contributed by atoms with E-state index in [1.165, 1.54) is 12.1 Å². The van der Waals surface area contributed by atoms with Crippen molar-refractivity contribution < 1.29 is 23.1 Å². The van der Waals surface area contributed by atoms with Crippen molar-refractivity contribution in [3.63, 3.8) is 0 Å². The summed E-state index contributed by atoms with van der Waals surface area (Å²) in [6, 6.07) is 2.17. The largest absolute Gasteiger partial charge is 0.462 e. The highest BCUT2D eigenvalue weighted by molar-refractivity contribution is 6.03. The predicted molar refractivity (Wildman–Crippen MR) is 97.9 cm³/mol. The molecule has 0 aliphatic heterocycles. The number of aromatic nitrogens is 1. The van der Waals surface area contributed by atoms with Crippen molar-refractivity contribution in [3.8, 4) is 0 Å². The number of carbonyl (C=O) groups is 2. The number of hydrogen-bond donors (Lipinski definition) is 2. The van der Waals surface area contributed by atoms with E-state index in [4.69, 9.17) is 4.74 Å². The van der Waals surface area contributed by atoms with Gasteiger partial charge in [0.25, 0.3) is 0 Å². The zero-order chi connectivity index (χ0) is 20.3. The number of H-pyrrole nitrogens is 1. The van der Waals surface area contributed by atoms with Gasteiger partial charge >= 0.3 is 5.97 Å². The average molecular weight is 378 g/mol. The number of halogens is 2. The Morgan fingerprint density at radius 2 is 1.89 bits per heavy atom. The maximum Gasteiger partial charge on any atom is 0.340 e. The summed E-state index contributed by atoms with van der Waals surface area (Å²) in [4.78, 5) is 27.8. The molecule has 2 rings (SSSR count). The minimum absolute atomic E-state index is 0.241. The van der Waals surface area contributed by atoms with Crippen LogP contribution in [0.4, 0.5) is 8.78 Å². The number of ketones is 1. The zero-order valence-corrected chi connectivity index (χ0v) is 16.1. The molecule has 0 bridgehead atoms. The van der Waals surface area contributed by atoms with Crippen molar-refractivity contribution in [1.29, 1.82) is 0 Å². The summed E-state index contributed by atoms with van der Waals surface area (Å²) in [6.07, 6.45) is 0. The van der Waals surface area contributed by atoms with Crippen molar-refractivity contribution in [2.24, 2.45) is 0 Å². The number of aromatic amines is 1. The lowest BCUT2D eigenvalue weighted by Crippen LogP contribution is -2.36. The molecule has 1 heterocycles. The Morgan fingerprint density at radius 1 is 1.22 bits per heavy atom. The number of aryl methyl sites for hydroxylation is 1. The highest BCUT2D eigenvalue weighted by Gasteiger charge is 2.26. The van der Waals surface area contributed by atoms with Crippen molar-refractivity contribution in [1.82, 2.24) is 10.3 Å². The van der Waals surface area contributed by atoms with E-state index in [-0.39, 0.29) is 18.0 Å². The van der Waals surface area contributed by atoms with Gasteiger partial charge in [0.2, 0.25) is 0 Å². The van der Waals surface area contributed by atoms with E-state index in [2.05, 4.69) is 10.3 Å². The van der Waals surface area contributed by atoms with Crippen LogP contribution in [0.3, 0.4) is 0 Å². The first-order valence-electron chi connectivity index (χ1n) is 8.78. The molecule has 0 amide bonds. The lowest BCUT2D eigenvalue weighted by molar-refractivity contribution is 0.0525. The van der Waals surface area contributed by atoms with Gasteiger partial charge in [-0.25, -0.2) is 13.6 Å². The molecule has 2 N–H and O–H groups in total. The molecule has 0 unspecified atom stereocenters. The van der Waals surface area contributed by atoms with Crippen LogP contribution in [0.2, 0.25) is 0 Å². The van der Waals surface area contributed by atoms with E-state index >= 15 is 0 Å². The molecule has 0 aliphatic carbocycles. The van der Waals surface area contributed by atoms with E-state index in [1.54, 1.807) is 34.6 Å². The maximum absolute atomic E-state index is 13.9. The normalized spacial score (nSPS) is 13.3. The van der Waals surface area contributed by atoms with Crippen LogP contribution in [0.25, 0.3) is 0 Å². The van der Waals surface area contributed by atoms with Gasteiger partial charge in [0.05, 0.1) is 23.9 Å². The fourth-order valence-corrected chi connectivity index (χ4v) is 3.12. The molecule has 5 nitrogen and oxygen atoms in total. The lowest BCUT2D eigenvalue weighted by Gasteiger charge is -2.20. The number of esters is 1. The number of rotatable bonds is 7. The van der Waals surface area contributed by atoms with E-state index in [9.17, 15) is 18.4 Å². The molecule has 27 heavy (non-hydrogen) atoms. The van der Waals surface area contributed by atoms with Gasteiger partial charge in [0.1, 0.15) is 11.6 Å². The number of ether oxygens (including phenoxy) is 1. The summed E-state index contributed by atoms with van der Waals surface area (Å²) < 4.78 is 32.0. The van der Waals surface area contributed by atoms with Gasteiger partial charge < -0.3 is 15.0 Å². The SMILES string of the molecule is CCOC(=O)c1c(C)[nH]c(C(=O)[C@@H](C)N[C@H](C)c2ccc(F)cc2F)c1C. The molecule has 0 fully saturated rings. The zero-order valence-electron chi connectivity index (χ0n) is 16.1. The summed E-state index contributed by atoms with van der Waals surface area (Å²) in [5.74, 6) is -2.08. The third-order valence-corrected chi connectivity index (χ3v) is 4.49. The first-order chi connectivity index (χ1) is 12.7. The van der Waals surface area contributed by atoms with Crippen LogP contribution < -0.4 is 5.32 Å². The van der Waals surface area contributed by atoms with E-state index in [1.807, 2.05) is 0 Å². The van der Waals surface area contributed by atoms with Gasteiger partial charge in [-0.05, 0) is 46.2 Å². The fraction of sp³-hybridized carbons (Fsp3) is 0.400. The van der Waals surface area contributed by atoms with E-state index in [0.29, 0.717) is 22.5 Å². The molecule has 0 spiro atoms. The van der Waals surface area contributed by atoms with Crippen LogP contribution in [0.15, 0.2) is 18.2 Å². The topological polar surface area (TPSA) is 71.2 Å². The van der Waals surface area contributed by atoms with Crippen molar-refractivity contribution >= 4 is 11.8 Å². The lowest BCUT2D eigenvalue weighted by atomic mass is 10.0. The van der Waals surface area contributed by atoms with Crippen LogP contribution >= 0.6 is 0 Å². The summed E-state index contributed by atoms with van der Waals surface area (Å²) >= 11 is 0. The highest BCUT2D eigenvalue weighted by atomic mass is 19.1. The van der Waals surface area contributed by atoms with Gasteiger partial charge in [0, 0.05) is 23.4 Å². The molecule has 1 aromatic carbocycles. The van der Waals surface area contributed by atoms with Gasteiger partial charge in [0.15, 0.2) is 5.78 Å². The molecule has 0 saturated heterocycles. The first-order valence-corrected chi connectivity index (χ1v) is 8.78. The second-order valence-electron chi connectivity index (χ2n) is 6.49. The second-order valence-corrected chi connectivity index (χ2v) is 6.49.